The molecule has 5 atom stereocenters. The van der Waals surface area contributed by atoms with Gasteiger partial charge in [0.1, 0.15) is 19.3 Å². The normalized spacial score (nSPS) is 13.9. The smallest absolute Gasteiger partial charge is 0.462 e. The molecule has 0 aromatic carbocycles. The van der Waals surface area contributed by atoms with Crippen LogP contribution in [0.5, 0.6) is 0 Å². The number of aliphatic hydroxyl groups is 1. The Hall–Kier alpha value is -1.94. The molecule has 0 aliphatic carbocycles. The number of ether oxygens (including phenoxy) is 4. The van der Waals surface area contributed by atoms with Gasteiger partial charge in [-0.3, -0.25) is 37.3 Å². The second-order valence-corrected chi connectivity index (χ2v) is 31.1. The highest BCUT2D eigenvalue weighted by Crippen LogP contribution is 2.45. The number of hydrogen-bond donors (Lipinski definition) is 3. The summed E-state index contributed by atoms with van der Waals surface area (Å²) in [6.07, 6.45) is 59.5. The van der Waals surface area contributed by atoms with E-state index in [-0.39, 0.29) is 25.7 Å². The molecule has 17 nitrogen and oxygen atoms in total. The van der Waals surface area contributed by atoms with Crippen LogP contribution in [-0.4, -0.2) is 96.7 Å². The first-order valence-electron chi connectivity index (χ1n) is 40.1. The SMILES string of the molecule is CCCCCCCCCCCCCCCCCCCC(=O)OC[C@H](COP(=O)(O)OC[C@@H](O)COP(=O)(O)OC[C@@H](COC(=O)CCCCCCCCCCCCC)OC(=O)CCCCCCCCCCCCC)OC(=O)CCCCCCCCCCCCCCCCC(C)C. The molecule has 0 aliphatic heterocycles. The molecule has 0 spiro atoms. The van der Waals surface area contributed by atoms with Crippen LogP contribution >= 0.6 is 15.6 Å². The molecule has 0 aromatic rings. The summed E-state index contributed by atoms with van der Waals surface area (Å²) >= 11 is 0. The Morgan fingerprint density at radius 1 is 0.281 bits per heavy atom. The van der Waals surface area contributed by atoms with Crippen molar-refractivity contribution in [1.82, 2.24) is 0 Å². The lowest BCUT2D eigenvalue weighted by Crippen LogP contribution is -2.30. The third-order valence-corrected chi connectivity index (χ3v) is 19.9. The van der Waals surface area contributed by atoms with Gasteiger partial charge in [0.25, 0.3) is 0 Å². The van der Waals surface area contributed by atoms with Gasteiger partial charge in [-0.25, -0.2) is 9.13 Å². The van der Waals surface area contributed by atoms with Crippen molar-refractivity contribution in [2.75, 3.05) is 39.6 Å². The van der Waals surface area contributed by atoms with Gasteiger partial charge in [-0.1, -0.05) is 356 Å². The second-order valence-electron chi connectivity index (χ2n) is 28.2. The largest absolute Gasteiger partial charge is 0.472 e. The first-order valence-corrected chi connectivity index (χ1v) is 43.1. The first-order chi connectivity index (χ1) is 46.5. The van der Waals surface area contributed by atoms with Crippen molar-refractivity contribution in [3.8, 4) is 0 Å². The predicted molar refractivity (Wildman–Crippen MR) is 391 cm³/mol. The number of aliphatic hydroxyl groups excluding tert-OH is 1. The fourth-order valence-electron chi connectivity index (χ4n) is 11.9. The molecule has 0 amide bonds. The number of hydrogen-bond acceptors (Lipinski definition) is 15. The Balaban J connectivity index is 5.23. The van der Waals surface area contributed by atoms with Gasteiger partial charge in [0.2, 0.25) is 0 Å². The van der Waals surface area contributed by atoms with E-state index in [9.17, 15) is 43.2 Å². The number of unbranched alkanes of at least 4 members (excludes halogenated alkanes) is 49. The molecule has 0 radical (unpaired) electrons. The molecule has 0 fully saturated rings. The summed E-state index contributed by atoms with van der Waals surface area (Å²) in [5.74, 6) is -1.31. The lowest BCUT2D eigenvalue weighted by Gasteiger charge is -2.21. The van der Waals surface area contributed by atoms with Gasteiger partial charge < -0.3 is 33.8 Å². The highest BCUT2D eigenvalue weighted by molar-refractivity contribution is 7.47. The molecule has 0 aromatic heterocycles. The maximum Gasteiger partial charge on any atom is 0.472 e. The van der Waals surface area contributed by atoms with E-state index in [0.29, 0.717) is 25.7 Å². The van der Waals surface area contributed by atoms with Crippen LogP contribution in [0.25, 0.3) is 0 Å². The average molecular weight is 1410 g/mol. The maximum atomic E-state index is 13.1. The van der Waals surface area contributed by atoms with Gasteiger partial charge in [0.15, 0.2) is 12.2 Å². The fraction of sp³-hybridized carbons (Fsp3) is 0.948. The van der Waals surface area contributed by atoms with Gasteiger partial charge in [-0.15, -0.1) is 0 Å². The third-order valence-electron chi connectivity index (χ3n) is 18.0. The highest BCUT2D eigenvalue weighted by atomic mass is 31.2. The van der Waals surface area contributed by atoms with E-state index in [1.54, 1.807) is 0 Å². The van der Waals surface area contributed by atoms with E-state index in [4.69, 9.17) is 37.0 Å². The van der Waals surface area contributed by atoms with Crippen LogP contribution in [0.4, 0.5) is 0 Å². The summed E-state index contributed by atoms with van der Waals surface area (Å²) in [4.78, 5) is 72.8. The molecule has 0 heterocycles. The molecule has 19 heteroatoms. The molecule has 96 heavy (non-hydrogen) atoms. The standard InChI is InChI=1S/C77H150O17P2/c1-6-9-12-15-18-21-24-25-26-27-28-32-37-41-46-51-56-61-75(80)88-67-73(94-77(82)63-58-53-48-43-38-33-30-29-31-36-39-44-49-54-59-70(4)5)69-92-96(85,86)90-65-71(78)64-89-95(83,84)91-68-72(93-76(81)62-57-52-47-42-35-23-20-17-14-11-8-3)66-87-74(79)60-55-50-45-40-34-22-19-16-13-10-7-2/h70-73,78H,6-69H2,1-5H3,(H,83,84)(H,85,86)/t71-,72+,73+/m0/s1. The van der Waals surface area contributed by atoms with Crippen molar-refractivity contribution >= 4 is 39.5 Å². The molecule has 0 saturated carbocycles. The Labute approximate surface area is 588 Å². The minimum atomic E-state index is -4.96. The summed E-state index contributed by atoms with van der Waals surface area (Å²) in [5, 5.41) is 10.6. The van der Waals surface area contributed by atoms with Crippen LogP contribution in [0.3, 0.4) is 0 Å². The van der Waals surface area contributed by atoms with E-state index in [1.165, 1.54) is 231 Å². The molecule has 0 bridgehead atoms. The lowest BCUT2D eigenvalue weighted by atomic mass is 10.0. The van der Waals surface area contributed by atoms with Crippen LogP contribution in [0.2, 0.25) is 0 Å². The van der Waals surface area contributed by atoms with Crippen molar-refractivity contribution in [1.29, 1.82) is 0 Å². The molecular formula is C77H150O17P2. The van der Waals surface area contributed by atoms with E-state index < -0.39 is 97.5 Å². The van der Waals surface area contributed by atoms with Crippen LogP contribution in [0.15, 0.2) is 0 Å². The Morgan fingerprint density at radius 2 is 0.479 bits per heavy atom. The molecule has 570 valence electrons. The minimum absolute atomic E-state index is 0.108. The van der Waals surface area contributed by atoms with Gasteiger partial charge >= 0.3 is 39.5 Å². The van der Waals surface area contributed by atoms with Crippen molar-refractivity contribution in [2.45, 2.75) is 425 Å². The monoisotopic (exact) mass is 1410 g/mol. The summed E-state index contributed by atoms with van der Waals surface area (Å²) in [6, 6.07) is 0. The van der Waals surface area contributed by atoms with Gasteiger partial charge in [0, 0.05) is 25.7 Å². The Bertz CT molecular complexity index is 1840. The molecule has 3 N–H and O–H groups in total. The van der Waals surface area contributed by atoms with Crippen molar-refractivity contribution in [3.63, 3.8) is 0 Å². The fourth-order valence-corrected chi connectivity index (χ4v) is 13.5. The van der Waals surface area contributed by atoms with Crippen LogP contribution in [0, 0.1) is 5.92 Å². The van der Waals surface area contributed by atoms with Crippen LogP contribution < -0.4 is 0 Å². The number of carbonyl (C=O) groups is 4. The van der Waals surface area contributed by atoms with Gasteiger partial charge in [-0.2, -0.15) is 0 Å². The third kappa shape index (κ3) is 70.5. The van der Waals surface area contributed by atoms with Crippen LogP contribution in [-0.2, 0) is 65.4 Å². The van der Waals surface area contributed by atoms with Crippen molar-refractivity contribution in [3.05, 3.63) is 0 Å². The summed E-state index contributed by atoms with van der Waals surface area (Å²) in [5.41, 5.74) is 0. The van der Waals surface area contributed by atoms with E-state index in [1.807, 2.05) is 0 Å². The van der Waals surface area contributed by atoms with Crippen molar-refractivity contribution < 1.29 is 80.2 Å². The molecule has 2 unspecified atom stereocenters. The molecule has 0 aliphatic rings. The zero-order valence-electron chi connectivity index (χ0n) is 62.5. The number of phosphoric acid groups is 2. The van der Waals surface area contributed by atoms with Crippen molar-refractivity contribution in [2.24, 2.45) is 5.92 Å². The van der Waals surface area contributed by atoms with E-state index in [0.717, 1.165) is 95.8 Å². The number of phosphoric ester groups is 2. The summed E-state index contributed by atoms with van der Waals surface area (Å²) < 4.78 is 68.6. The predicted octanol–water partition coefficient (Wildman–Crippen LogP) is 22.9. The Morgan fingerprint density at radius 3 is 0.708 bits per heavy atom. The van der Waals surface area contributed by atoms with Gasteiger partial charge in [-0.05, 0) is 31.6 Å². The number of esters is 4. The number of rotatable bonds is 77. The second kappa shape index (κ2) is 70.1. The van der Waals surface area contributed by atoms with Gasteiger partial charge in [0.05, 0.1) is 26.4 Å². The first kappa shape index (κ1) is 94.1. The zero-order chi connectivity index (χ0) is 70.5. The highest BCUT2D eigenvalue weighted by Gasteiger charge is 2.30. The van der Waals surface area contributed by atoms with E-state index >= 15 is 0 Å². The quantitative estimate of drug-likeness (QED) is 0.0222. The number of carbonyl (C=O) groups excluding carboxylic acids is 4. The molecule has 0 saturated heterocycles. The minimum Gasteiger partial charge on any atom is -0.462 e. The maximum absolute atomic E-state index is 13.1. The molecule has 0 rings (SSSR count). The topological polar surface area (TPSA) is 237 Å². The molecular weight excluding hydrogens is 1260 g/mol. The van der Waals surface area contributed by atoms with E-state index in [2.05, 4.69) is 34.6 Å². The summed E-state index contributed by atoms with van der Waals surface area (Å²) in [6.45, 7) is 7.32. The van der Waals surface area contributed by atoms with Crippen LogP contribution in [0.1, 0.15) is 407 Å². The Kier molecular flexibility index (Phi) is 68.7. The summed E-state index contributed by atoms with van der Waals surface area (Å²) in [7, 11) is -9.91. The zero-order valence-corrected chi connectivity index (χ0v) is 64.3. The lowest BCUT2D eigenvalue weighted by molar-refractivity contribution is -0.161. The average Bonchev–Trinajstić information content (AvgIpc) is 1.16.